The summed E-state index contributed by atoms with van der Waals surface area (Å²) in [5, 5.41) is 0. The number of likely N-dealkylation sites (N-methyl/N-ethyl adjacent to an activating group) is 1. The van der Waals surface area contributed by atoms with Gasteiger partial charge in [-0.3, -0.25) is 4.98 Å². The van der Waals surface area contributed by atoms with Gasteiger partial charge in [-0.1, -0.05) is 6.07 Å². The lowest BCUT2D eigenvalue weighted by molar-refractivity contribution is -0.0727. The number of piperidine rings is 1. The number of hydrogen-bond acceptors (Lipinski definition) is 10. The van der Waals surface area contributed by atoms with Crippen LogP contribution in [0.4, 0.5) is 5.95 Å². The number of rotatable bonds is 13. The smallest absolute Gasteiger partial charge is 0.243 e. The van der Waals surface area contributed by atoms with Gasteiger partial charge in [0.15, 0.2) is 0 Å². The third kappa shape index (κ3) is 7.31. The molecule has 4 heterocycles. The maximum absolute atomic E-state index is 13.3. The predicted molar refractivity (Wildman–Crippen MR) is 169 cm³/mol. The minimum absolute atomic E-state index is 0.148. The fourth-order valence-electron chi connectivity index (χ4n) is 6.15. The monoisotopic (exact) mass is 624 g/mol. The highest BCUT2D eigenvalue weighted by Gasteiger charge is 2.38. The van der Waals surface area contributed by atoms with Crippen LogP contribution in [0.3, 0.4) is 0 Å². The molecule has 11 nitrogen and oxygen atoms in total. The number of likely N-dealkylation sites (tertiary alicyclic amines) is 1. The first-order valence-electron chi connectivity index (χ1n) is 15.3. The Bertz CT molecular complexity index is 1470. The molecule has 5 rings (SSSR count). The normalized spacial score (nSPS) is 17.2. The molecule has 0 atom stereocenters. The van der Waals surface area contributed by atoms with Crippen LogP contribution in [0.15, 0.2) is 53.8 Å². The summed E-state index contributed by atoms with van der Waals surface area (Å²) in [6, 6.07) is 9.24. The lowest BCUT2D eigenvalue weighted by Gasteiger charge is -2.42. The summed E-state index contributed by atoms with van der Waals surface area (Å²) in [7, 11) is -0.588. The molecule has 44 heavy (non-hydrogen) atoms. The van der Waals surface area contributed by atoms with E-state index in [4.69, 9.17) is 14.2 Å². The van der Waals surface area contributed by atoms with Gasteiger partial charge in [-0.15, -0.1) is 0 Å². The molecule has 12 heteroatoms. The van der Waals surface area contributed by atoms with Crippen molar-refractivity contribution in [3.63, 3.8) is 0 Å². The molecule has 2 aliphatic rings. The number of nitrogens with zero attached hydrogens (tertiary/aromatic N) is 6. The van der Waals surface area contributed by atoms with Gasteiger partial charge in [0, 0.05) is 63.4 Å². The first kappa shape index (κ1) is 32.1. The van der Waals surface area contributed by atoms with Gasteiger partial charge in [0.1, 0.15) is 12.4 Å². The van der Waals surface area contributed by atoms with Crippen LogP contribution in [0.2, 0.25) is 0 Å². The van der Waals surface area contributed by atoms with Crippen molar-refractivity contribution in [2.24, 2.45) is 0 Å². The molecule has 2 saturated heterocycles. The molecule has 2 aliphatic heterocycles. The molecule has 0 unspecified atom stereocenters. The van der Waals surface area contributed by atoms with E-state index in [2.05, 4.69) is 30.8 Å². The van der Waals surface area contributed by atoms with E-state index in [0.717, 1.165) is 51.1 Å². The molecule has 2 fully saturated rings. The number of sulfonamides is 1. The number of pyridine rings is 1. The van der Waals surface area contributed by atoms with E-state index in [1.54, 1.807) is 58.6 Å². The molecule has 0 amide bonds. The SMILES string of the molecule is COc1cc(C)c(S(=O)(=O)N(C)CCOc2ccnc(N3CCC(OCCN4CCCC4)(c4cccnc4)CC3)n2)c(C)c1. The average Bonchev–Trinajstić information content (AvgIpc) is 3.55. The standard InChI is InChI=1S/C32H44N6O5S/c1-25-22-28(41-4)23-26(2)30(25)44(39,40)36(3)18-20-42-29-9-13-34-31(35-29)38-16-10-32(11-17-38,27-8-7-12-33-24-27)43-21-19-37-14-5-6-15-37/h7-9,12-13,22-24H,5-6,10-11,14-21H2,1-4H3. The Morgan fingerprint density at radius 3 is 2.39 bits per heavy atom. The summed E-state index contributed by atoms with van der Waals surface area (Å²) < 4.78 is 45.8. The maximum Gasteiger partial charge on any atom is 0.243 e. The Morgan fingerprint density at radius 1 is 1.00 bits per heavy atom. The van der Waals surface area contributed by atoms with Crippen molar-refractivity contribution < 1.29 is 22.6 Å². The number of hydrogen-bond donors (Lipinski definition) is 0. The van der Waals surface area contributed by atoms with Crippen molar-refractivity contribution in [3.8, 4) is 11.6 Å². The third-order valence-corrected chi connectivity index (χ3v) is 10.8. The Balaban J connectivity index is 1.18. The zero-order valence-corrected chi connectivity index (χ0v) is 27.1. The number of aryl methyl sites for hydroxylation is 2. The molecule has 238 valence electrons. The lowest BCUT2D eigenvalue weighted by Crippen LogP contribution is -2.45. The van der Waals surface area contributed by atoms with Crippen molar-refractivity contribution in [2.75, 3.05) is 71.5 Å². The molecular weight excluding hydrogens is 580 g/mol. The number of ether oxygens (including phenoxy) is 3. The fraction of sp³-hybridized carbons (Fsp3) is 0.531. The summed E-state index contributed by atoms with van der Waals surface area (Å²) in [6.45, 7) is 9.26. The molecular formula is C32H44N6O5S. The van der Waals surface area contributed by atoms with E-state index < -0.39 is 15.6 Å². The zero-order chi connectivity index (χ0) is 31.2. The summed E-state index contributed by atoms with van der Waals surface area (Å²) in [5.41, 5.74) is 2.00. The Morgan fingerprint density at radius 2 is 1.73 bits per heavy atom. The Hall–Kier alpha value is -3.32. The summed E-state index contributed by atoms with van der Waals surface area (Å²) >= 11 is 0. The molecule has 3 aromatic rings. The summed E-state index contributed by atoms with van der Waals surface area (Å²) in [5.74, 6) is 1.62. The van der Waals surface area contributed by atoms with E-state index in [1.165, 1.54) is 17.1 Å². The Kier molecular flexibility index (Phi) is 10.3. The van der Waals surface area contributed by atoms with Gasteiger partial charge in [-0.2, -0.15) is 9.29 Å². The minimum atomic E-state index is -3.71. The van der Waals surface area contributed by atoms with E-state index in [9.17, 15) is 8.42 Å². The van der Waals surface area contributed by atoms with E-state index >= 15 is 0 Å². The van der Waals surface area contributed by atoms with Gasteiger partial charge < -0.3 is 24.0 Å². The zero-order valence-electron chi connectivity index (χ0n) is 26.2. The predicted octanol–water partition coefficient (Wildman–Crippen LogP) is 3.80. The van der Waals surface area contributed by atoms with Gasteiger partial charge >= 0.3 is 0 Å². The van der Waals surface area contributed by atoms with Crippen LogP contribution in [0.25, 0.3) is 0 Å². The van der Waals surface area contributed by atoms with Crippen molar-refractivity contribution in [1.82, 2.24) is 24.2 Å². The van der Waals surface area contributed by atoms with Crippen LogP contribution in [0.1, 0.15) is 42.4 Å². The van der Waals surface area contributed by atoms with E-state index in [0.29, 0.717) is 35.3 Å². The first-order chi connectivity index (χ1) is 21.2. The van der Waals surface area contributed by atoms with Gasteiger partial charge in [-0.25, -0.2) is 13.4 Å². The molecule has 0 radical (unpaired) electrons. The van der Waals surface area contributed by atoms with Crippen LogP contribution >= 0.6 is 0 Å². The second-order valence-electron chi connectivity index (χ2n) is 11.6. The van der Waals surface area contributed by atoms with Crippen molar-refractivity contribution in [2.45, 2.75) is 50.0 Å². The highest BCUT2D eigenvalue weighted by Crippen LogP contribution is 2.37. The van der Waals surface area contributed by atoms with Crippen LogP contribution in [-0.2, 0) is 20.4 Å². The van der Waals surface area contributed by atoms with Gasteiger partial charge in [-0.05, 0) is 81.9 Å². The van der Waals surface area contributed by atoms with Crippen LogP contribution in [0.5, 0.6) is 11.6 Å². The third-order valence-electron chi connectivity index (χ3n) is 8.64. The summed E-state index contributed by atoms with van der Waals surface area (Å²) in [6.07, 6.45) is 9.52. The van der Waals surface area contributed by atoms with Crippen LogP contribution in [0, 0.1) is 13.8 Å². The first-order valence-corrected chi connectivity index (χ1v) is 16.7. The minimum Gasteiger partial charge on any atom is -0.497 e. The van der Waals surface area contributed by atoms with Gasteiger partial charge in [0.25, 0.3) is 0 Å². The molecule has 2 aromatic heterocycles. The highest BCUT2D eigenvalue weighted by molar-refractivity contribution is 7.89. The van der Waals surface area contributed by atoms with Crippen LogP contribution in [-0.4, -0.2) is 99.2 Å². The highest BCUT2D eigenvalue weighted by atomic mass is 32.2. The lowest BCUT2D eigenvalue weighted by atomic mass is 9.85. The molecule has 0 aliphatic carbocycles. The fourth-order valence-corrected chi connectivity index (χ4v) is 7.71. The molecule has 0 bridgehead atoms. The molecule has 0 N–H and O–H groups in total. The summed E-state index contributed by atoms with van der Waals surface area (Å²) in [4.78, 5) is 18.4. The van der Waals surface area contributed by atoms with E-state index in [1.807, 2.05) is 12.3 Å². The topological polar surface area (TPSA) is 110 Å². The number of benzene rings is 1. The van der Waals surface area contributed by atoms with Gasteiger partial charge in [0.2, 0.25) is 21.9 Å². The maximum atomic E-state index is 13.3. The largest absolute Gasteiger partial charge is 0.497 e. The quantitative estimate of drug-likeness (QED) is 0.279. The van der Waals surface area contributed by atoms with Crippen LogP contribution < -0.4 is 14.4 Å². The van der Waals surface area contributed by atoms with Crippen molar-refractivity contribution in [1.29, 1.82) is 0 Å². The van der Waals surface area contributed by atoms with E-state index in [-0.39, 0.29) is 18.0 Å². The number of anilines is 1. The molecule has 1 aromatic carbocycles. The molecule has 0 spiro atoms. The Labute approximate surface area is 261 Å². The molecule has 0 saturated carbocycles. The van der Waals surface area contributed by atoms with Crippen molar-refractivity contribution >= 4 is 16.0 Å². The number of methoxy groups -OCH3 is 1. The average molecular weight is 625 g/mol. The second kappa shape index (κ2) is 14.2. The van der Waals surface area contributed by atoms with Gasteiger partial charge in [0.05, 0.1) is 24.2 Å². The second-order valence-corrected chi connectivity index (χ2v) is 13.6. The number of aromatic nitrogens is 3. The van der Waals surface area contributed by atoms with Crippen molar-refractivity contribution in [3.05, 3.63) is 65.6 Å².